The molecule has 1 aromatic rings. The van der Waals surface area contributed by atoms with Crippen LogP contribution in [0.3, 0.4) is 0 Å². The lowest BCUT2D eigenvalue weighted by molar-refractivity contribution is -0.149. The molecule has 90 valence electrons. The third kappa shape index (κ3) is 3.38. The number of nitrogens with one attached hydrogen (secondary N) is 1. The van der Waals surface area contributed by atoms with Crippen LogP contribution in [0.1, 0.15) is 32.3 Å². The molecule has 4 heteroatoms. The number of hydrogen-bond acceptors (Lipinski definition) is 4. The van der Waals surface area contributed by atoms with Crippen molar-refractivity contribution in [3.8, 4) is 0 Å². The predicted molar refractivity (Wildman–Crippen MR) is 61.0 cm³/mol. The van der Waals surface area contributed by atoms with Crippen molar-refractivity contribution in [1.29, 1.82) is 0 Å². The Labute approximate surface area is 96.0 Å². The average Bonchev–Trinajstić information content (AvgIpc) is 2.62. The first-order valence-corrected chi connectivity index (χ1v) is 5.43. The summed E-state index contributed by atoms with van der Waals surface area (Å²) in [5, 5.41) is 3.10. The Balaban J connectivity index is 2.50. The zero-order valence-corrected chi connectivity index (χ0v) is 10.3. The van der Waals surface area contributed by atoms with Crippen LogP contribution in [0.5, 0.6) is 0 Å². The van der Waals surface area contributed by atoms with E-state index in [1.807, 2.05) is 19.1 Å². The number of furan rings is 1. The molecule has 1 heterocycles. The van der Waals surface area contributed by atoms with Crippen LogP contribution < -0.4 is 5.32 Å². The van der Waals surface area contributed by atoms with Gasteiger partial charge >= 0.3 is 5.97 Å². The van der Waals surface area contributed by atoms with Gasteiger partial charge in [0.1, 0.15) is 17.1 Å². The van der Waals surface area contributed by atoms with Gasteiger partial charge in [-0.05, 0) is 39.8 Å². The third-order valence-electron chi connectivity index (χ3n) is 2.29. The van der Waals surface area contributed by atoms with E-state index in [4.69, 9.17) is 9.15 Å². The fraction of sp³-hybridized carbons (Fsp3) is 0.583. The Kier molecular flexibility index (Phi) is 4.12. The number of carbonyl (C=O) groups excluding carboxylic acids is 1. The molecule has 0 radical (unpaired) electrons. The lowest BCUT2D eigenvalue weighted by Gasteiger charge is -2.23. The highest BCUT2D eigenvalue weighted by atomic mass is 16.5. The van der Waals surface area contributed by atoms with Crippen molar-refractivity contribution >= 4 is 5.97 Å². The molecule has 1 aromatic heterocycles. The van der Waals surface area contributed by atoms with E-state index >= 15 is 0 Å². The molecule has 0 saturated carbocycles. The second-order valence-corrected chi connectivity index (χ2v) is 4.21. The minimum Gasteiger partial charge on any atom is -0.465 e. The van der Waals surface area contributed by atoms with Gasteiger partial charge in [-0.15, -0.1) is 0 Å². The first kappa shape index (κ1) is 12.8. The van der Waals surface area contributed by atoms with E-state index in [9.17, 15) is 4.79 Å². The van der Waals surface area contributed by atoms with Crippen LogP contribution in [0, 0.1) is 6.92 Å². The molecule has 0 spiro atoms. The number of aryl methyl sites for hydroxylation is 1. The maximum absolute atomic E-state index is 11.6. The molecule has 1 N–H and O–H groups in total. The third-order valence-corrected chi connectivity index (χ3v) is 2.29. The summed E-state index contributed by atoms with van der Waals surface area (Å²) in [7, 11) is 0. The predicted octanol–water partition coefficient (Wildman–Crippen LogP) is 2.02. The summed E-state index contributed by atoms with van der Waals surface area (Å²) >= 11 is 0. The summed E-state index contributed by atoms with van der Waals surface area (Å²) in [5.41, 5.74) is -0.698. The van der Waals surface area contributed by atoms with E-state index in [0.29, 0.717) is 13.2 Å². The summed E-state index contributed by atoms with van der Waals surface area (Å²) in [6.45, 7) is 8.18. The average molecular weight is 225 g/mol. The van der Waals surface area contributed by atoms with Gasteiger partial charge < -0.3 is 9.15 Å². The second kappa shape index (κ2) is 5.16. The van der Waals surface area contributed by atoms with Gasteiger partial charge in [0.05, 0.1) is 13.2 Å². The Morgan fingerprint density at radius 2 is 2.19 bits per heavy atom. The van der Waals surface area contributed by atoms with E-state index in [-0.39, 0.29) is 5.97 Å². The highest BCUT2D eigenvalue weighted by Gasteiger charge is 2.28. The summed E-state index contributed by atoms with van der Waals surface area (Å²) in [6.07, 6.45) is 0. The Morgan fingerprint density at radius 1 is 1.50 bits per heavy atom. The topological polar surface area (TPSA) is 51.5 Å². The first-order valence-electron chi connectivity index (χ1n) is 5.43. The normalized spacial score (nSPS) is 11.5. The van der Waals surface area contributed by atoms with Crippen molar-refractivity contribution in [3.05, 3.63) is 23.7 Å². The Bertz CT molecular complexity index is 355. The zero-order chi connectivity index (χ0) is 12.2. The molecule has 0 fully saturated rings. The molecule has 4 nitrogen and oxygen atoms in total. The molecule has 0 atom stereocenters. The first-order chi connectivity index (χ1) is 7.45. The van der Waals surface area contributed by atoms with Crippen LogP contribution in [-0.2, 0) is 16.1 Å². The highest BCUT2D eigenvalue weighted by Crippen LogP contribution is 2.10. The molecule has 0 aromatic carbocycles. The van der Waals surface area contributed by atoms with Gasteiger partial charge in [-0.2, -0.15) is 0 Å². The number of esters is 1. The number of ether oxygens (including phenoxy) is 1. The van der Waals surface area contributed by atoms with Crippen molar-refractivity contribution in [2.75, 3.05) is 6.61 Å². The van der Waals surface area contributed by atoms with Gasteiger partial charge in [0.15, 0.2) is 0 Å². The minimum absolute atomic E-state index is 0.252. The number of carbonyl (C=O) groups is 1. The minimum atomic E-state index is -0.698. The molecule has 16 heavy (non-hydrogen) atoms. The Hall–Kier alpha value is -1.29. The summed E-state index contributed by atoms with van der Waals surface area (Å²) in [4.78, 5) is 11.6. The van der Waals surface area contributed by atoms with Gasteiger partial charge in [0.2, 0.25) is 0 Å². The highest BCUT2D eigenvalue weighted by molar-refractivity contribution is 5.79. The van der Waals surface area contributed by atoms with Crippen LogP contribution in [0.4, 0.5) is 0 Å². The van der Waals surface area contributed by atoms with E-state index in [2.05, 4.69) is 5.32 Å². The van der Waals surface area contributed by atoms with Gasteiger partial charge in [-0.3, -0.25) is 10.1 Å². The quantitative estimate of drug-likeness (QED) is 0.779. The lowest BCUT2D eigenvalue weighted by atomic mass is 10.1. The van der Waals surface area contributed by atoms with E-state index < -0.39 is 5.54 Å². The molecule has 0 aliphatic carbocycles. The molecular weight excluding hydrogens is 206 g/mol. The molecule has 0 aliphatic rings. The van der Waals surface area contributed by atoms with Gasteiger partial charge in [0, 0.05) is 0 Å². The SMILES string of the molecule is CCOC(=O)C(C)(C)NCc1ccc(C)o1. The number of hydrogen-bond donors (Lipinski definition) is 1. The Morgan fingerprint density at radius 3 is 2.69 bits per heavy atom. The maximum Gasteiger partial charge on any atom is 0.325 e. The summed E-state index contributed by atoms with van der Waals surface area (Å²) in [6, 6.07) is 3.79. The van der Waals surface area contributed by atoms with Crippen molar-refractivity contribution in [2.24, 2.45) is 0 Å². The molecule has 1 rings (SSSR count). The standard InChI is InChI=1S/C12H19NO3/c1-5-15-11(14)12(3,4)13-8-10-7-6-9(2)16-10/h6-7,13H,5,8H2,1-4H3. The lowest BCUT2D eigenvalue weighted by Crippen LogP contribution is -2.47. The van der Waals surface area contributed by atoms with E-state index in [1.165, 1.54) is 0 Å². The maximum atomic E-state index is 11.6. The molecule has 0 amide bonds. The van der Waals surface area contributed by atoms with Crippen LogP contribution in [0.15, 0.2) is 16.5 Å². The van der Waals surface area contributed by atoms with Crippen LogP contribution >= 0.6 is 0 Å². The molecule has 0 aliphatic heterocycles. The van der Waals surface area contributed by atoms with Crippen LogP contribution in [-0.4, -0.2) is 18.1 Å². The van der Waals surface area contributed by atoms with Gasteiger partial charge in [-0.25, -0.2) is 0 Å². The zero-order valence-electron chi connectivity index (χ0n) is 10.3. The van der Waals surface area contributed by atoms with E-state index in [1.54, 1.807) is 20.8 Å². The van der Waals surface area contributed by atoms with Gasteiger partial charge in [-0.1, -0.05) is 0 Å². The molecular formula is C12H19NO3. The largest absolute Gasteiger partial charge is 0.465 e. The van der Waals surface area contributed by atoms with Crippen molar-refractivity contribution in [2.45, 2.75) is 39.8 Å². The van der Waals surface area contributed by atoms with E-state index in [0.717, 1.165) is 11.5 Å². The monoisotopic (exact) mass is 225 g/mol. The van der Waals surface area contributed by atoms with Crippen molar-refractivity contribution < 1.29 is 13.9 Å². The van der Waals surface area contributed by atoms with Crippen LogP contribution in [0.2, 0.25) is 0 Å². The fourth-order valence-electron chi connectivity index (χ4n) is 1.27. The smallest absolute Gasteiger partial charge is 0.325 e. The summed E-state index contributed by atoms with van der Waals surface area (Å²) < 4.78 is 10.4. The number of rotatable bonds is 5. The van der Waals surface area contributed by atoms with Crippen LogP contribution in [0.25, 0.3) is 0 Å². The van der Waals surface area contributed by atoms with Crippen molar-refractivity contribution in [1.82, 2.24) is 5.32 Å². The second-order valence-electron chi connectivity index (χ2n) is 4.21. The molecule has 0 bridgehead atoms. The fourth-order valence-corrected chi connectivity index (χ4v) is 1.27. The van der Waals surface area contributed by atoms with Crippen molar-refractivity contribution in [3.63, 3.8) is 0 Å². The molecule has 0 saturated heterocycles. The molecule has 0 unspecified atom stereocenters. The van der Waals surface area contributed by atoms with Gasteiger partial charge in [0.25, 0.3) is 0 Å². The summed E-state index contributed by atoms with van der Waals surface area (Å²) in [5.74, 6) is 1.43.